The van der Waals surface area contributed by atoms with Crippen molar-refractivity contribution in [3.05, 3.63) is 36.2 Å². The van der Waals surface area contributed by atoms with Gasteiger partial charge in [-0.2, -0.15) is 5.10 Å². The minimum absolute atomic E-state index is 0.228. The molecule has 0 radical (unpaired) electrons. The van der Waals surface area contributed by atoms with Gasteiger partial charge in [-0.3, -0.25) is 14.7 Å². The topological polar surface area (TPSA) is 113 Å². The molecule has 0 unspecified atom stereocenters. The summed E-state index contributed by atoms with van der Waals surface area (Å²) in [6.45, 7) is 0.256. The Morgan fingerprint density at radius 2 is 2.30 bits per heavy atom. The first kappa shape index (κ1) is 13.8. The molecule has 3 N–H and O–H groups in total. The van der Waals surface area contributed by atoms with E-state index in [4.69, 9.17) is 5.11 Å². The number of carbonyl (C=O) groups excluding carboxylic acids is 1. The van der Waals surface area contributed by atoms with Crippen LogP contribution in [0.3, 0.4) is 0 Å². The number of aromatic amines is 1. The highest BCUT2D eigenvalue weighted by atomic mass is 16.4. The second kappa shape index (κ2) is 6.50. The van der Waals surface area contributed by atoms with Gasteiger partial charge in [0.05, 0.1) is 0 Å². The van der Waals surface area contributed by atoms with Crippen molar-refractivity contribution < 1.29 is 14.7 Å². The van der Waals surface area contributed by atoms with Gasteiger partial charge in [0.25, 0.3) is 5.91 Å². The van der Waals surface area contributed by atoms with Crippen LogP contribution in [0.15, 0.2) is 24.7 Å². The fourth-order valence-corrected chi connectivity index (χ4v) is 1.80. The number of aromatic nitrogens is 4. The Hall–Kier alpha value is -2.64. The standard InChI is InChI=1S/C12H15N5O3/c18-11(19)7-17-6-2-3-9(17)12(20)13-5-1-4-10-14-8-15-16-10/h2-3,6,8H,1,4-5,7H2,(H,13,20)(H,18,19)(H,14,15,16). The van der Waals surface area contributed by atoms with Gasteiger partial charge < -0.3 is 15.0 Å². The maximum Gasteiger partial charge on any atom is 0.323 e. The number of carboxylic acid groups (broad SMARTS) is 1. The quantitative estimate of drug-likeness (QED) is 0.619. The highest BCUT2D eigenvalue weighted by Crippen LogP contribution is 2.02. The van der Waals surface area contributed by atoms with E-state index in [-0.39, 0.29) is 12.5 Å². The number of amides is 1. The van der Waals surface area contributed by atoms with Gasteiger partial charge in [0.2, 0.25) is 0 Å². The predicted octanol–water partition coefficient (Wildman–Crippen LogP) is 0.0534. The van der Waals surface area contributed by atoms with Gasteiger partial charge in [-0.25, -0.2) is 4.98 Å². The first-order chi connectivity index (χ1) is 9.66. The van der Waals surface area contributed by atoms with Crippen LogP contribution in [0.1, 0.15) is 22.7 Å². The number of hydrogen-bond acceptors (Lipinski definition) is 4. The van der Waals surface area contributed by atoms with E-state index < -0.39 is 5.97 Å². The van der Waals surface area contributed by atoms with Crippen LogP contribution in [-0.2, 0) is 17.8 Å². The van der Waals surface area contributed by atoms with Crippen molar-refractivity contribution in [2.24, 2.45) is 0 Å². The molecule has 0 spiro atoms. The van der Waals surface area contributed by atoms with Crippen molar-refractivity contribution >= 4 is 11.9 Å². The zero-order valence-corrected chi connectivity index (χ0v) is 10.7. The summed E-state index contributed by atoms with van der Waals surface area (Å²) in [5, 5.41) is 18.0. The lowest BCUT2D eigenvalue weighted by molar-refractivity contribution is -0.137. The normalized spacial score (nSPS) is 10.4. The third-order valence-corrected chi connectivity index (χ3v) is 2.71. The zero-order chi connectivity index (χ0) is 14.4. The Kier molecular flexibility index (Phi) is 4.48. The maximum absolute atomic E-state index is 11.9. The molecule has 2 heterocycles. The molecule has 2 rings (SSSR count). The summed E-state index contributed by atoms with van der Waals surface area (Å²) >= 11 is 0. The largest absolute Gasteiger partial charge is 0.480 e. The van der Waals surface area contributed by atoms with Crippen molar-refractivity contribution in [1.82, 2.24) is 25.1 Å². The average Bonchev–Trinajstić information content (AvgIpc) is 3.04. The number of rotatable bonds is 7. The molecule has 0 fully saturated rings. The molecule has 0 saturated heterocycles. The monoisotopic (exact) mass is 277 g/mol. The molecule has 0 aliphatic carbocycles. The summed E-state index contributed by atoms with van der Waals surface area (Å²) in [4.78, 5) is 26.6. The lowest BCUT2D eigenvalue weighted by Crippen LogP contribution is -2.28. The molecular formula is C12H15N5O3. The van der Waals surface area contributed by atoms with Gasteiger partial charge in [0, 0.05) is 19.2 Å². The molecule has 0 aromatic carbocycles. The Balaban J connectivity index is 1.80. The number of carbonyl (C=O) groups is 2. The van der Waals surface area contributed by atoms with Gasteiger partial charge in [-0.1, -0.05) is 0 Å². The summed E-state index contributed by atoms with van der Waals surface area (Å²) < 4.78 is 1.40. The summed E-state index contributed by atoms with van der Waals surface area (Å²) in [6.07, 6.45) is 4.42. The summed E-state index contributed by atoms with van der Waals surface area (Å²) in [5.41, 5.74) is 0.340. The number of aliphatic carboxylic acids is 1. The fourth-order valence-electron chi connectivity index (χ4n) is 1.80. The molecule has 2 aromatic rings. The molecule has 1 amide bonds. The number of H-pyrrole nitrogens is 1. The van der Waals surface area contributed by atoms with E-state index in [2.05, 4.69) is 20.5 Å². The third kappa shape index (κ3) is 3.67. The van der Waals surface area contributed by atoms with E-state index in [0.29, 0.717) is 18.7 Å². The van der Waals surface area contributed by atoms with Gasteiger partial charge in [0.1, 0.15) is 24.4 Å². The Morgan fingerprint density at radius 3 is 3.00 bits per heavy atom. The fraction of sp³-hybridized carbons (Fsp3) is 0.333. The highest BCUT2D eigenvalue weighted by Gasteiger charge is 2.11. The van der Waals surface area contributed by atoms with E-state index in [1.54, 1.807) is 18.3 Å². The smallest absolute Gasteiger partial charge is 0.323 e. The van der Waals surface area contributed by atoms with Gasteiger partial charge in [-0.05, 0) is 18.6 Å². The number of nitrogens with one attached hydrogen (secondary N) is 2. The van der Waals surface area contributed by atoms with Crippen molar-refractivity contribution in [2.75, 3.05) is 6.54 Å². The summed E-state index contributed by atoms with van der Waals surface area (Å²) in [6, 6.07) is 3.24. The zero-order valence-electron chi connectivity index (χ0n) is 10.7. The van der Waals surface area contributed by atoms with Crippen LogP contribution in [0.25, 0.3) is 0 Å². The average molecular weight is 277 g/mol. The van der Waals surface area contributed by atoms with E-state index in [9.17, 15) is 9.59 Å². The summed E-state index contributed by atoms with van der Waals surface area (Å²) in [5.74, 6) is -0.497. The van der Waals surface area contributed by atoms with Crippen LogP contribution in [0.5, 0.6) is 0 Å². The van der Waals surface area contributed by atoms with Crippen molar-refractivity contribution in [1.29, 1.82) is 0 Å². The van der Waals surface area contributed by atoms with Crippen LogP contribution < -0.4 is 5.32 Å². The molecule has 106 valence electrons. The molecular weight excluding hydrogens is 262 g/mol. The Morgan fingerprint density at radius 1 is 1.45 bits per heavy atom. The van der Waals surface area contributed by atoms with Crippen molar-refractivity contribution in [2.45, 2.75) is 19.4 Å². The molecule has 0 aliphatic rings. The molecule has 8 heteroatoms. The molecule has 8 nitrogen and oxygen atoms in total. The number of nitrogens with zero attached hydrogens (tertiary/aromatic N) is 3. The maximum atomic E-state index is 11.9. The van der Waals surface area contributed by atoms with E-state index >= 15 is 0 Å². The van der Waals surface area contributed by atoms with Gasteiger partial charge >= 0.3 is 5.97 Å². The van der Waals surface area contributed by atoms with E-state index in [1.807, 2.05) is 0 Å². The van der Waals surface area contributed by atoms with Crippen molar-refractivity contribution in [3.8, 4) is 0 Å². The van der Waals surface area contributed by atoms with Crippen LogP contribution in [-0.4, -0.2) is 43.3 Å². The van der Waals surface area contributed by atoms with Gasteiger partial charge in [-0.15, -0.1) is 0 Å². The molecule has 0 atom stereocenters. The first-order valence-corrected chi connectivity index (χ1v) is 6.16. The summed E-state index contributed by atoms with van der Waals surface area (Å²) in [7, 11) is 0. The molecule has 2 aromatic heterocycles. The van der Waals surface area contributed by atoms with Crippen LogP contribution >= 0.6 is 0 Å². The lowest BCUT2D eigenvalue weighted by Gasteiger charge is -2.07. The highest BCUT2D eigenvalue weighted by molar-refractivity contribution is 5.93. The Labute approximate surface area is 114 Å². The molecule has 20 heavy (non-hydrogen) atoms. The van der Waals surface area contributed by atoms with Crippen LogP contribution in [0.4, 0.5) is 0 Å². The lowest BCUT2D eigenvalue weighted by atomic mass is 10.3. The van der Waals surface area contributed by atoms with Crippen LogP contribution in [0, 0.1) is 0 Å². The van der Waals surface area contributed by atoms with Crippen LogP contribution in [0.2, 0.25) is 0 Å². The first-order valence-electron chi connectivity index (χ1n) is 6.16. The second-order valence-electron chi connectivity index (χ2n) is 4.21. The third-order valence-electron chi connectivity index (χ3n) is 2.71. The Bertz CT molecular complexity index is 576. The minimum Gasteiger partial charge on any atom is -0.480 e. The predicted molar refractivity (Wildman–Crippen MR) is 69.1 cm³/mol. The van der Waals surface area contributed by atoms with Gasteiger partial charge in [0.15, 0.2) is 0 Å². The molecule has 0 saturated carbocycles. The molecule has 0 aliphatic heterocycles. The number of hydrogen-bond donors (Lipinski definition) is 3. The second-order valence-corrected chi connectivity index (χ2v) is 4.21. The number of carboxylic acids is 1. The van der Waals surface area contributed by atoms with Crippen molar-refractivity contribution in [3.63, 3.8) is 0 Å². The van der Waals surface area contributed by atoms with E-state index in [1.165, 1.54) is 10.9 Å². The SMILES string of the molecule is O=C(O)Cn1cccc1C(=O)NCCCc1ncn[nH]1. The minimum atomic E-state index is -0.986. The number of aryl methyl sites for hydroxylation is 1. The van der Waals surface area contributed by atoms with E-state index in [0.717, 1.165) is 12.2 Å². The molecule has 0 bridgehead atoms.